The summed E-state index contributed by atoms with van der Waals surface area (Å²) < 4.78 is 59.1. The predicted octanol–water partition coefficient (Wildman–Crippen LogP) is -3.40. The first kappa shape index (κ1) is 64.0. The van der Waals surface area contributed by atoms with E-state index >= 15 is 4.79 Å². The van der Waals surface area contributed by atoms with Crippen LogP contribution in [-0.2, 0) is 52.2 Å². The highest BCUT2D eigenvalue weighted by molar-refractivity contribution is 5.79. The molecule has 15 N–H and O–H groups in total. The highest BCUT2D eigenvalue weighted by Crippen LogP contribution is 2.71. The van der Waals surface area contributed by atoms with Crippen LogP contribution in [0.5, 0.6) is 0 Å². The van der Waals surface area contributed by atoms with Crippen LogP contribution in [0.15, 0.2) is 23.8 Å². The van der Waals surface area contributed by atoms with Crippen molar-refractivity contribution in [3.63, 3.8) is 0 Å². The van der Waals surface area contributed by atoms with E-state index in [1.807, 2.05) is 0 Å². The Bertz CT molecular complexity index is 2310. The number of carbonyl (C=O) groups excluding carboxylic acids is 1. The fraction of sp³-hybridized carbons (Fsp3) is 0.912. The van der Waals surface area contributed by atoms with Gasteiger partial charge in [-0.05, 0) is 105 Å². The van der Waals surface area contributed by atoms with Gasteiger partial charge >= 0.3 is 5.97 Å². The summed E-state index contributed by atoms with van der Waals surface area (Å²) in [5.74, 6) is -0.306. The largest absolute Gasteiger partial charge is 0.432 e. The van der Waals surface area contributed by atoms with Crippen LogP contribution in [0, 0.1) is 45.3 Å². The SMILES string of the molecule is C=C1CC[C@]2(C(=O)O[C@@H]3O[C@H](CO[C@@H]4O[C@H](CO)[C@@H](O[C@@H]5O[C@@H](C)[C@H](O)[C@@H](O)[C@H]5O)[C@H](O)[C@H]4O)[C@@H](O)[C@H](O)[C@H]3O)CC[C@]3(C)C(=CC[C@H]4[C@H]3CC[C@H]3C(C)(C)[C@@H](O[C@@H]5OC[C@H](O)[C@H](O)[C@H]5O[C@@H]5O[C@H](CO)[C@@H](O)[C@H](O)[C@H]5O)CC[C@]43C)[C@@H]2C1. The van der Waals surface area contributed by atoms with Crippen molar-refractivity contribution in [2.45, 2.75) is 252 Å². The van der Waals surface area contributed by atoms with E-state index in [4.69, 9.17) is 47.4 Å². The Morgan fingerprint density at radius 2 is 1.20 bits per heavy atom. The first-order valence-electron chi connectivity index (χ1n) is 29.6. The van der Waals surface area contributed by atoms with E-state index in [1.54, 1.807) is 0 Å². The van der Waals surface area contributed by atoms with Gasteiger partial charge in [-0.2, -0.15) is 0 Å². The summed E-state index contributed by atoms with van der Waals surface area (Å²) in [6.45, 7) is 12.4. The molecule has 5 saturated heterocycles. The van der Waals surface area contributed by atoms with Gasteiger partial charge in [-0.1, -0.05) is 51.5 Å². The van der Waals surface area contributed by atoms with E-state index in [-0.39, 0.29) is 41.1 Å². The summed E-state index contributed by atoms with van der Waals surface area (Å²) in [6, 6.07) is 0. The Kier molecular flexibility index (Phi) is 18.8. The smallest absolute Gasteiger partial charge is 0.315 e. The van der Waals surface area contributed by atoms with E-state index in [1.165, 1.54) is 12.5 Å². The van der Waals surface area contributed by atoms with Crippen molar-refractivity contribution < 1.29 is 129 Å². The van der Waals surface area contributed by atoms with E-state index in [2.05, 4.69) is 40.3 Å². The predicted molar refractivity (Wildman–Crippen MR) is 279 cm³/mol. The molecule has 10 aliphatic rings. The minimum atomic E-state index is -1.90. The summed E-state index contributed by atoms with van der Waals surface area (Å²) in [6.07, 6.45) is -29.9. The molecule has 9 fully saturated rings. The van der Waals surface area contributed by atoms with Gasteiger partial charge in [-0.3, -0.25) is 4.79 Å². The number of hydrogen-bond acceptors (Lipinski definition) is 26. The van der Waals surface area contributed by atoms with Gasteiger partial charge < -0.3 is 124 Å². The van der Waals surface area contributed by atoms with Crippen molar-refractivity contribution in [1.29, 1.82) is 0 Å². The third-order valence-electron chi connectivity index (χ3n) is 21.7. The molecule has 0 amide bonds. The number of esters is 1. The van der Waals surface area contributed by atoms with Crippen molar-refractivity contribution in [2.75, 3.05) is 26.4 Å². The lowest BCUT2D eigenvalue weighted by atomic mass is 9.38. The number of aliphatic hydroxyl groups is 15. The van der Waals surface area contributed by atoms with E-state index in [0.717, 1.165) is 31.3 Å². The molecule has 26 heteroatoms. The number of fused-ring (bicyclic) bond motifs is 7. The monoisotopic (exact) mass is 1190 g/mol. The summed E-state index contributed by atoms with van der Waals surface area (Å²) >= 11 is 0. The number of ether oxygens (including phenoxy) is 10. The summed E-state index contributed by atoms with van der Waals surface area (Å²) in [5, 5.41) is 160. The average Bonchev–Trinajstić information content (AvgIpc) is 1.16. The lowest BCUT2D eigenvalue weighted by Crippen LogP contribution is -2.65. The van der Waals surface area contributed by atoms with Gasteiger partial charge in [-0.25, -0.2) is 0 Å². The van der Waals surface area contributed by atoms with Gasteiger partial charge in [0.15, 0.2) is 25.2 Å². The molecule has 0 aromatic carbocycles. The van der Waals surface area contributed by atoms with Gasteiger partial charge in [0.05, 0.1) is 44.1 Å². The molecule has 32 atom stereocenters. The van der Waals surface area contributed by atoms with Crippen LogP contribution < -0.4 is 0 Å². The highest BCUT2D eigenvalue weighted by atomic mass is 16.8. The fourth-order valence-corrected chi connectivity index (χ4v) is 16.6. The Hall–Kier alpha value is -2.01. The lowest BCUT2D eigenvalue weighted by Gasteiger charge is -2.67. The second-order valence-electron chi connectivity index (χ2n) is 26.6. The molecule has 0 aromatic heterocycles. The first-order chi connectivity index (χ1) is 39.1. The zero-order valence-electron chi connectivity index (χ0n) is 47.6. The molecule has 0 unspecified atom stereocenters. The van der Waals surface area contributed by atoms with Gasteiger partial charge in [0, 0.05) is 5.92 Å². The van der Waals surface area contributed by atoms with Gasteiger partial charge in [0.25, 0.3) is 0 Å². The Morgan fingerprint density at radius 3 is 1.89 bits per heavy atom. The van der Waals surface area contributed by atoms with Crippen LogP contribution in [-0.4, -0.2) is 263 Å². The molecule has 10 rings (SSSR count). The van der Waals surface area contributed by atoms with Crippen LogP contribution in [0.25, 0.3) is 0 Å². The topological polar surface area (TPSA) is 413 Å². The third kappa shape index (κ3) is 11.1. The van der Waals surface area contributed by atoms with Crippen molar-refractivity contribution in [2.24, 2.45) is 45.3 Å². The van der Waals surface area contributed by atoms with Crippen molar-refractivity contribution >= 4 is 5.97 Å². The minimum Gasteiger partial charge on any atom is -0.432 e. The lowest BCUT2D eigenvalue weighted by molar-refractivity contribution is -0.366. The Labute approximate surface area is 481 Å². The zero-order valence-corrected chi connectivity index (χ0v) is 47.6. The normalized spacial score (nSPS) is 53.6. The summed E-state index contributed by atoms with van der Waals surface area (Å²) in [5.41, 5.74) is 0.151. The molecule has 474 valence electrons. The highest BCUT2D eigenvalue weighted by Gasteiger charge is 2.66. The maximum absolute atomic E-state index is 15.0. The molecule has 5 aliphatic heterocycles. The van der Waals surface area contributed by atoms with Gasteiger partial charge in [0.1, 0.15) is 110 Å². The molecule has 0 radical (unpaired) electrons. The van der Waals surface area contributed by atoms with E-state index in [9.17, 15) is 76.6 Å². The van der Waals surface area contributed by atoms with Crippen LogP contribution in [0.1, 0.15) is 98.8 Å². The number of carbonyl (C=O) groups is 1. The van der Waals surface area contributed by atoms with Crippen molar-refractivity contribution in [1.82, 2.24) is 0 Å². The second kappa shape index (κ2) is 24.4. The Balaban J connectivity index is 0.803. The second-order valence-corrected chi connectivity index (χ2v) is 26.6. The van der Waals surface area contributed by atoms with Crippen molar-refractivity contribution in [3.8, 4) is 0 Å². The van der Waals surface area contributed by atoms with Crippen LogP contribution in [0.4, 0.5) is 0 Å². The average molecular weight is 1190 g/mol. The zero-order chi connectivity index (χ0) is 60.2. The molecule has 0 aromatic rings. The number of aliphatic hydroxyl groups excluding tert-OH is 15. The molecule has 26 nitrogen and oxygen atoms in total. The summed E-state index contributed by atoms with van der Waals surface area (Å²) in [4.78, 5) is 15.0. The van der Waals surface area contributed by atoms with Gasteiger partial charge in [-0.15, -0.1) is 0 Å². The third-order valence-corrected chi connectivity index (χ3v) is 21.7. The molecular weight excluding hydrogens is 1100 g/mol. The number of allylic oxidation sites excluding steroid dienone is 3. The summed E-state index contributed by atoms with van der Waals surface area (Å²) in [7, 11) is 0. The fourth-order valence-electron chi connectivity index (χ4n) is 16.6. The van der Waals surface area contributed by atoms with Gasteiger partial charge in [0.2, 0.25) is 6.29 Å². The quantitative estimate of drug-likeness (QED) is 0.0485. The molecule has 0 spiro atoms. The van der Waals surface area contributed by atoms with E-state index < -0.39 is 190 Å². The molecule has 5 aliphatic carbocycles. The standard InChI is InChI=1S/C57H90O26/c1-22-11-14-57(53(73)83-51-44(71)40(67)37(64)31(79-51)21-75-48-45(72)41(68)46(30(19-59)78-48)81-49-42(69)38(65)34(61)23(2)76-49)16-15-55(5)24-9-10-32-54(3,4)33(12-13-56(32,6)25(24)7-8-26(55)27(57)17-22)80-52-47(35(62)28(60)20-74-52)82-50-43(70)39(66)36(63)29(18-58)77-50/h8,23-25,27-52,58-72H,1,7,9-21H2,2-6H3/t23-,24+,25-,27-,28-,29+,30+,31+,32-,33-,34-,35-,36+,37+,38+,39-,40-,41+,42+,43+,44+,45+,46+,47+,48+,49-,50-,51-,52-,55-,56+,57-/m0/s1. The number of rotatable bonds is 13. The molecular formula is C57H90O26. The van der Waals surface area contributed by atoms with Crippen molar-refractivity contribution in [3.05, 3.63) is 23.8 Å². The maximum Gasteiger partial charge on any atom is 0.315 e. The van der Waals surface area contributed by atoms with Crippen LogP contribution in [0.2, 0.25) is 0 Å². The molecule has 4 saturated carbocycles. The molecule has 83 heavy (non-hydrogen) atoms. The maximum atomic E-state index is 15.0. The molecule has 5 heterocycles. The van der Waals surface area contributed by atoms with E-state index in [0.29, 0.717) is 38.5 Å². The molecule has 0 bridgehead atoms. The van der Waals surface area contributed by atoms with Crippen LogP contribution >= 0.6 is 0 Å². The first-order valence-corrected chi connectivity index (χ1v) is 29.6. The minimum absolute atomic E-state index is 0.154. The van der Waals surface area contributed by atoms with Crippen LogP contribution in [0.3, 0.4) is 0 Å². The Morgan fingerprint density at radius 1 is 0.602 bits per heavy atom. The number of hydrogen-bond donors (Lipinski definition) is 15.